The molecule has 0 rings (SSSR count). The summed E-state index contributed by atoms with van der Waals surface area (Å²) >= 11 is 0. The molecule has 0 aromatic rings. The summed E-state index contributed by atoms with van der Waals surface area (Å²) in [6.07, 6.45) is -1.12. The minimum atomic E-state index is -2.07. The van der Waals surface area contributed by atoms with Crippen LogP contribution in [0.4, 0.5) is 4.79 Å². The van der Waals surface area contributed by atoms with Crippen LogP contribution in [0.1, 0.15) is 6.92 Å². The summed E-state index contributed by atoms with van der Waals surface area (Å²) in [5.41, 5.74) is 2.46. The number of carboxylic acids is 1. The minimum Gasteiger partial charge on any atom is -0.479 e. The molecule has 64 valence electrons. The molecule has 0 aliphatic rings. The first-order chi connectivity index (χ1) is 4.86. The minimum absolute atomic E-state index is 0.655. The Labute approximate surface area is 62.6 Å². The molecule has 0 bridgehead atoms. The number of carbonyl (C=O) groups is 2. The summed E-state index contributed by atoms with van der Waals surface area (Å²) in [7, 11) is 0. The number of hydrogen-bond acceptors (Lipinski definition) is 4. The van der Waals surface area contributed by atoms with Gasteiger partial charge in [0.05, 0.1) is 0 Å². The van der Waals surface area contributed by atoms with Gasteiger partial charge in [0, 0.05) is 0 Å². The fraction of sp³-hybridized carbons (Fsp3) is 0.600. The molecule has 0 heterocycles. The molecular formula is C5H9NO5. The maximum absolute atomic E-state index is 10.2. The van der Waals surface area contributed by atoms with Crippen molar-refractivity contribution < 1.29 is 24.5 Å². The van der Waals surface area contributed by atoms with Crippen LogP contribution in [0.15, 0.2) is 0 Å². The van der Waals surface area contributed by atoms with E-state index in [0.29, 0.717) is 0 Å². The molecule has 4 N–H and O–H groups in total. The van der Waals surface area contributed by atoms with Gasteiger partial charge in [-0.15, -0.1) is 0 Å². The van der Waals surface area contributed by atoms with Crippen molar-refractivity contribution in [1.29, 1.82) is 0 Å². The zero-order valence-corrected chi connectivity index (χ0v) is 5.90. The topological polar surface area (TPSA) is 110 Å². The van der Waals surface area contributed by atoms with E-state index in [1.165, 1.54) is 0 Å². The standard InChI is InChI=1S/C5H9NO5/c1-5(10,3(7)8)2-11-4(6)9/h10H,2H2,1H3,(H2,6,9)(H,7,8). The Morgan fingerprint density at radius 3 is 2.36 bits per heavy atom. The van der Waals surface area contributed by atoms with E-state index >= 15 is 0 Å². The van der Waals surface area contributed by atoms with Crippen LogP contribution in [0.3, 0.4) is 0 Å². The van der Waals surface area contributed by atoms with E-state index in [9.17, 15) is 9.59 Å². The summed E-state index contributed by atoms with van der Waals surface area (Å²) < 4.78 is 4.08. The van der Waals surface area contributed by atoms with E-state index in [-0.39, 0.29) is 0 Å². The maximum atomic E-state index is 10.2. The Morgan fingerprint density at radius 1 is 1.64 bits per heavy atom. The fourth-order valence-corrected chi connectivity index (χ4v) is 0.273. The highest BCUT2D eigenvalue weighted by Gasteiger charge is 2.31. The van der Waals surface area contributed by atoms with Gasteiger partial charge in [-0.05, 0) is 6.92 Å². The average molecular weight is 163 g/mol. The molecule has 6 heteroatoms. The van der Waals surface area contributed by atoms with Crippen LogP contribution < -0.4 is 5.73 Å². The molecule has 0 aromatic carbocycles. The number of aliphatic carboxylic acids is 1. The van der Waals surface area contributed by atoms with Crippen molar-refractivity contribution in [3.63, 3.8) is 0 Å². The van der Waals surface area contributed by atoms with Gasteiger partial charge in [-0.3, -0.25) is 0 Å². The Morgan fingerprint density at radius 2 is 2.09 bits per heavy atom. The van der Waals surface area contributed by atoms with Crippen molar-refractivity contribution in [1.82, 2.24) is 0 Å². The zero-order chi connectivity index (χ0) is 9.07. The lowest BCUT2D eigenvalue weighted by molar-refractivity contribution is -0.160. The monoisotopic (exact) mass is 163 g/mol. The van der Waals surface area contributed by atoms with Crippen LogP contribution in [0.25, 0.3) is 0 Å². The summed E-state index contributed by atoms with van der Waals surface area (Å²) in [4.78, 5) is 20.1. The van der Waals surface area contributed by atoms with Gasteiger partial charge in [0.2, 0.25) is 0 Å². The Kier molecular flexibility index (Phi) is 2.82. The number of hydrogen-bond donors (Lipinski definition) is 3. The Balaban J connectivity index is 3.92. The van der Waals surface area contributed by atoms with Gasteiger partial charge >= 0.3 is 12.1 Å². The largest absolute Gasteiger partial charge is 0.479 e. The summed E-state index contributed by atoms with van der Waals surface area (Å²) in [6, 6.07) is 0. The maximum Gasteiger partial charge on any atom is 0.404 e. The van der Waals surface area contributed by atoms with Crippen LogP contribution in [-0.4, -0.2) is 34.5 Å². The second-order valence-electron chi connectivity index (χ2n) is 2.19. The van der Waals surface area contributed by atoms with E-state index in [4.69, 9.17) is 10.2 Å². The third kappa shape index (κ3) is 3.41. The first kappa shape index (κ1) is 9.70. The molecule has 0 aliphatic heterocycles. The second-order valence-corrected chi connectivity index (χ2v) is 2.19. The van der Waals surface area contributed by atoms with Crippen LogP contribution >= 0.6 is 0 Å². The van der Waals surface area contributed by atoms with Gasteiger partial charge in [-0.1, -0.05) is 0 Å². The van der Waals surface area contributed by atoms with Crippen LogP contribution in [-0.2, 0) is 9.53 Å². The third-order valence-corrected chi connectivity index (χ3v) is 0.956. The lowest BCUT2D eigenvalue weighted by Gasteiger charge is -2.16. The second kappa shape index (κ2) is 3.20. The van der Waals surface area contributed by atoms with Crippen LogP contribution in [0.5, 0.6) is 0 Å². The first-order valence-electron chi connectivity index (χ1n) is 2.74. The smallest absolute Gasteiger partial charge is 0.404 e. The highest BCUT2D eigenvalue weighted by Crippen LogP contribution is 2.02. The van der Waals surface area contributed by atoms with Gasteiger partial charge in [-0.2, -0.15) is 0 Å². The lowest BCUT2D eigenvalue weighted by atomic mass is 10.1. The Bertz CT molecular complexity index is 176. The van der Waals surface area contributed by atoms with Crippen molar-refractivity contribution in [3.05, 3.63) is 0 Å². The number of nitrogens with two attached hydrogens (primary N) is 1. The molecule has 6 nitrogen and oxygen atoms in total. The van der Waals surface area contributed by atoms with Gasteiger partial charge in [-0.25, -0.2) is 9.59 Å². The van der Waals surface area contributed by atoms with Crippen molar-refractivity contribution in [2.45, 2.75) is 12.5 Å². The quantitative estimate of drug-likeness (QED) is 0.490. The number of rotatable bonds is 3. The zero-order valence-electron chi connectivity index (χ0n) is 5.90. The SMILES string of the molecule is CC(O)(COC(N)=O)C(=O)O. The molecule has 0 saturated heterocycles. The molecule has 0 aliphatic carbocycles. The van der Waals surface area contributed by atoms with Crippen molar-refractivity contribution >= 4 is 12.1 Å². The molecule has 0 radical (unpaired) electrons. The molecule has 0 fully saturated rings. The fourth-order valence-electron chi connectivity index (χ4n) is 0.273. The summed E-state index contributed by atoms with van der Waals surface area (Å²) in [6.45, 7) is 0.343. The normalized spacial score (nSPS) is 15.1. The molecule has 11 heavy (non-hydrogen) atoms. The van der Waals surface area contributed by atoms with E-state index in [2.05, 4.69) is 10.5 Å². The molecule has 1 atom stereocenters. The van der Waals surface area contributed by atoms with Crippen molar-refractivity contribution in [3.8, 4) is 0 Å². The number of aliphatic hydroxyl groups is 1. The predicted octanol–water partition coefficient (Wildman–Crippen LogP) is -1.08. The van der Waals surface area contributed by atoms with E-state index < -0.39 is 24.3 Å². The number of carboxylic acid groups (broad SMARTS) is 1. The van der Waals surface area contributed by atoms with Gasteiger partial charge in [0.25, 0.3) is 0 Å². The number of amides is 1. The van der Waals surface area contributed by atoms with E-state index in [1.54, 1.807) is 0 Å². The van der Waals surface area contributed by atoms with Crippen LogP contribution in [0, 0.1) is 0 Å². The van der Waals surface area contributed by atoms with E-state index in [1.807, 2.05) is 0 Å². The predicted molar refractivity (Wildman–Crippen MR) is 33.8 cm³/mol. The number of ether oxygens (including phenoxy) is 1. The van der Waals surface area contributed by atoms with Gasteiger partial charge in [0.1, 0.15) is 6.61 Å². The molecular weight excluding hydrogens is 154 g/mol. The molecule has 1 amide bonds. The number of primary amides is 1. The first-order valence-corrected chi connectivity index (χ1v) is 2.74. The Hall–Kier alpha value is -1.30. The molecule has 0 saturated carbocycles. The number of carbonyl (C=O) groups excluding carboxylic acids is 1. The molecule has 0 spiro atoms. The van der Waals surface area contributed by atoms with Gasteiger partial charge < -0.3 is 20.7 Å². The molecule has 0 aromatic heterocycles. The van der Waals surface area contributed by atoms with E-state index in [0.717, 1.165) is 6.92 Å². The summed E-state index contributed by atoms with van der Waals surface area (Å²) in [5, 5.41) is 17.2. The van der Waals surface area contributed by atoms with Crippen LogP contribution in [0.2, 0.25) is 0 Å². The third-order valence-electron chi connectivity index (χ3n) is 0.956. The molecule has 1 unspecified atom stereocenters. The van der Waals surface area contributed by atoms with Crippen molar-refractivity contribution in [2.24, 2.45) is 5.73 Å². The summed E-state index contributed by atoms with van der Waals surface area (Å²) in [5.74, 6) is -1.47. The van der Waals surface area contributed by atoms with Gasteiger partial charge in [0.15, 0.2) is 5.60 Å². The average Bonchev–Trinajstić information content (AvgIpc) is 1.84. The highest BCUT2D eigenvalue weighted by atomic mass is 16.6. The lowest BCUT2D eigenvalue weighted by Crippen LogP contribution is -2.41. The van der Waals surface area contributed by atoms with Crippen molar-refractivity contribution in [2.75, 3.05) is 6.61 Å². The highest BCUT2D eigenvalue weighted by molar-refractivity contribution is 5.77.